The van der Waals surface area contributed by atoms with Crippen molar-refractivity contribution in [1.82, 2.24) is 9.78 Å². The van der Waals surface area contributed by atoms with E-state index in [9.17, 15) is 8.42 Å². The number of nitrogens with one attached hydrogen (secondary N) is 1. The summed E-state index contributed by atoms with van der Waals surface area (Å²) >= 11 is 0. The van der Waals surface area contributed by atoms with Crippen molar-refractivity contribution in [2.75, 3.05) is 11.8 Å². The molecular weight excluding hydrogens is 362 g/mol. The highest BCUT2D eigenvalue weighted by Crippen LogP contribution is 2.18. The van der Waals surface area contributed by atoms with E-state index in [4.69, 9.17) is 4.74 Å². The van der Waals surface area contributed by atoms with Gasteiger partial charge >= 0.3 is 0 Å². The first-order chi connectivity index (χ1) is 13.0. The molecule has 0 saturated carbocycles. The Hall–Kier alpha value is -2.80. The molecule has 1 N–H and O–H groups in total. The van der Waals surface area contributed by atoms with E-state index in [2.05, 4.69) is 16.7 Å². The van der Waals surface area contributed by atoms with Gasteiger partial charge in [0.25, 0.3) is 10.0 Å². The van der Waals surface area contributed by atoms with Gasteiger partial charge in [-0.05, 0) is 41.8 Å². The third kappa shape index (κ3) is 4.89. The number of hydrogen-bond acceptors (Lipinski definition) is 4. The van der Waals surface area contributed by atoms with E-state index in [1.165, 1.54) is 6.20 Å². The summed E-state index contributed by atoms with van der Waals surface area (Å²) in [5.74, 6) is 0.770. The monoisotopic (exact) mass is 385 g/mol. The first-order valence-electron chi connectivity index (χ1n) is 8.77. The van der Waals surface area contributed by atoms with Crippen LogP contribution in [0.5, 0.6) is 5.75 Å². The molecule has 6 nitrogen and oxygen atoms in total. The maximum absolute atomic E-state index is 12.6. The lowest BCUT2D eigenvalue weighted by atomic mass is 10.1. The molecule has 3 aromatic rings. The molecule has 0 saturated heterocycles. The number of anilines is 1. The van der Waals surface area contributed by atoms with Gasteiger partial charge in [-0.3, -0.25) is 9.40 Å². The van der Waals surface area contributed by atoms with Gasteiger partial charge in [-0.15, -0.1) is 0 Å². The van der Waals surface area contributed by atoms with Crippen LogP contribution in [0.25, 0.3) is 0 Å². The Labute approximate surface area is 159 Å². The van der Waals surface area contributed by atoms with Gasteiger partial charge in [0.05, 0.1) is 30.4 Å². The molecule has 0 unspecified atom stereocenters. The molecule has 0 aliphatic rings. The zero-order valence-electron chi connectivity index (χ0n) is 15.4. The third-order valence-electron chi connectivity index (χ3n) is 4.14. The van der Waals surface area contributed by atoms with Crippen molar-refractivity contribution in [3.63, 3.8) is 0 Å². The lowest BCUT2D eigenvalue weighted by Crippen LogP contribution is -2.12. The van der Waals surface area contributed by atoms with Crippen molar-refractivity contribution >= 4 is 15.7 Å². The van der Waals surface area contributed by atoms with Crippen LogP contribution in [0.3, 0.4) is 0 Å². The van der Waals surface area contributed by atoms with Crippen molar-refractivity contribution in [3.8, 4) is 5.75 Å². The number of hydrogen-bond donors (Lipinski definition) is 1. The molecule has 1 heterocycles. The number of aryl methyl sites for hydroxylation is 1. The van der Waals surface area contributed by atoms with E-state index in [1.807, 2.05) is 36.4 Å². The van der Waals surface area contributed by atoms with Crippen molar-refractivity contribution in [2.24, 2.45) is 0 Å². The minimum atomic E-state index is -3.64. The summed E-state index contributed by atoms with van der Waals surface area (Å²) in [6, 6.07) is 14.6. The quantitative estimate of drug-likeness (QED) is 0.642. The number of sulfonamides is 1. The second-order valence-corrected chi connectivity index (χ2v) is 7.96. The lowest BCUT2D eigenvalue weighted by Gasteiger charge is -2.07. The van der Waals surface area contributed by atoms with Crippen LogP contribution in [0.15, 0.2) is 65.8 Å². The van der Waals surface area contributed by atoms with Gasteiger partial charge < -0.3 is 4.74 Å². The number of nitrogens with zero attached hydrogens (tertiary/aromatic N) is 2. The molecule has 0 aliphatic heterocycles. The Morgan fingerprint density at radius 1 is 1.11 bits per heavy atom. The van der Waals surface area contributed by atoms with Crippen LogP contribution in [0.1, 0.15) is 24.5 Å². The summed E-state index contributed by atoms with van der Waals surface area (Å²) in [6.45, 7) is 2.61. The van der Waals surface area contributed by atoms with Crippen LogP contribution in [0.4, 0.5) is 5.69 Å². The van der Waals surface area contributed by atoms with E-state index < -0.39 is 10.0 Å². The minimum Gasteiger partial charge on any atom is -0.497 e. The van der Waals surface area contributed by atoms with Crippen molar-refractivity contribution in [1.29, 1.82) is 0 Å². The predicted octanol–water partition coefficient (Wildman–Crippen LogP) is 3.69. The molecule has 0 bridgehead atoms. The maximum Gasteiger partial charge on any atom is 0.261 e. The van der Waals surface area contributed by atoms with Gasteiger partial charge in [0.1, 0.15) is 5.75 Å². The molecule has 0 radical (unpaired) electrons. The minimum absolute atomic E-state index is 0.239. The smallest absolute Gasteiger partial charge is 0.261 e. The summed E-state index contributed by atoms with van der Waals surface area (Å²) < 4.78 is 34.6. The average molecular weight is 385 g/mol. The van der Waals surface area contributed by atoms with Crippen molar-refractivity contribution in [3.05, 3.63) is 72.1 Å². The van der Waals surface area contributed by atoms with Crippen LogP contribution in [-0.4, -0.2) is 25.3 Å². The van der Waals surface area contributed by atoms with Gasteiger partial charge in [-0.1, -0.05) is 37.6 Å². The fourth-order valence-electron chi connectivity index (χ4n) is 2.80. The van der Waals surface area contributed by atoms with E-state index in [1.54, 1.807) is 30.1 Å². The molecular formula is C20H23N3O3S. The number of aromatic nitrogens is 2. The van der Waals surface area contributed by atoms with Crippen LogP contribution in [0, 0.1) is 0 Å². The van der Waals surface area contributed by atoms with Crippen LogP contribution < -0.4 is 9.46 Å². The van der Waals surface area contributed by atoms with Crippen LogP contribution >= 0.6 is 0 Å². The normalized spacial score (nSPS) is 11.3. The topological polar surface area (TPSA) is 73.2 Å². The molecule has 0 amide bonds. The van der Waals surface area contributed by atoms with Crippen molar-refractivity contribution in [2.45, 2.75) is 31.2 Å². The summed E-state index contributed by atoms with van der Waals surface area (Å²) in [5.41, 5.74) is 2.57. The van der Waals surface area contributed by atoms with Crippen molar-refractivity contribution < 1.29 is 13.2 Å². The zero-order valence-corrected chi connectivity index (χ0v) is 16.2. The number of rotatable bonds is 8. The third-order valence-corrected chi connectivity index (χ3v) is 5.53. The number of ether oxygens (including phenoxy) is 1. The SMILES string of the molecule is CCCc1ccc(S(=O)(=O)Nc2cnn(Cc3cccc(OC)c3)c2)cc1. The summed E-state index contributed by atoms with van der Waals surface area (Å²) in [5, 5.41) is 4.23. The van der Waals surface area contributed by atoms with Gasteiger partial charge in [0, 0.05) is 6.20 Å². The molecule has 0 spiro atoms. The molecule has 2 aromatic carbocycles. The van der Waals surface area contributed by atoms with Gasteiger partial charge in [0.2, 0.25) is 0 Å². The highest BCUT2D eigenvalue weighted by Gasteiger charge is 2.15. The first kappa shape index (κ1) is 19.0. The summed E-state index contributed by atoms with van der Waals surface area (Å²) in [7, 11) is -2.02. The van der Waals surface area contributed by atoms with E-state index >= 15 is 0 Å². The number of benzene rings is 2. The second kappa shape index (κ2) is 8.26. The van der Waals surface area contributed by atoms with E-state index in [0.717, 1.165) is 29.7 Å². The Kier molecular flexibility index (Phi) is 5.81. The highest BCUT2D eigenvalue weighted by atomic mass is 32.2. The molecule has 0 atom stereocenters. The average Bonchev–Trinajstić information content (AvgIpc) is 3.08. The summed E-state index contributed by atoms with van der Waals surface area (Å²) in [4.78, 5) is 0.239. The molecule has 3 rings (SSSR count). The predicted molar refractivity (Wildman–Crippen MR) is 106 cm³/mol. The molecule has 1 aromatic heterocycles. The van der Waals surface area contributed by atoms with Gasteiger partial charge in [-0.2, -0.15) is 5.10 Å². The second-order valence-electron chi connectivity index (χ2n) is 6.28. The van der Waals surface area contributed by atoms with Crippen LogP contribution in [-0.2, 0) is 23.0 Å². The van der Waals surface area contributed by atoms with E-state index in [0.29, 0.717) is 12.2 Å². The Morgan fingerprint density at radius 2 is 1.89 bits per heavy atom. The maximum atomic E-state index is 12.6. The molecule has 0 aliphatic carbocycles. The van der Waals surface area contributed by atoms with E-state index in [-0.39, 0.29) is 4.90 Å². The van der Waals surface area contributed by atoms with Gasteiger partial charge in [-0.25, -0.2) is 8.42 Å². The fraction of sp³-hybridized carbons (Fsp3) is 0.250. The fourth-order valence-corrected chi connectivity index (χ4v) is 3.83. The first-order valence-corrected chi connectivity index (χ1v) is 10.3. The standard InChI is InChI=1S/C20H23N3O3S/c1-3-5-16-8-10-20(11-9-16)27(24,25)22-18-13-21-23(15-18)14-17-6-4-7-19(12-17)26-2/h4,6-13,15,22H,3,5,14H2,1-2H3. The van der Waals surface area contributed by atoms with Crippen LogP contribution in [0.2, 0.25) is 0 Å². The number of methoxy groups -OCH3 is 1. The molecule has 27 heavy (non-hydrogen) atoms. The molecule has 142 valence electrons. The lowest BCUT2D eigenvalue weighted by molar-refractivity contribution is 0.414. The Morgan fingerprint density at radius 3 is 2.59 bits per heavy atom. The molecule has 0 fully saturated rings. The zero-order chi connectivity index (χ0) is 19.3. The molecule has 7 heteroatoms. The summed E-state index contributed by atoms with van der Waals surface area (Å²) in [6.07, 6.45) is 5.13. The highest BCUT2D eigenvalue weighted by molar-refractivity contribution is 7.92. The Balaban J connectivity index is 1.70. The Bertz CT molecular complexity index is 995. The largest absolute Gasteiger partial charge is 0.497 e. The van der Waals surface area contributed by atoms with Gasteiger partial charge in [0.15, 0.2) is 0 Å².